The van der Waals surface area contributed by atoms with E-state index in [1.807, 2.05) is 13.8 Å². The van der Waals surface area contributed by atoms with Crippen molar-refractivity contribution in [3.8, 4) is 37.0 Å². The molecule has 0 aromatic carbocycles. The smallest absolute Gasteiger partial charge is 0.288 e. The van der Waals surface area contributed by atoms with Crippen LogP contribution < -0.4 is 0 Å². The van der Waals surface area contributed by atoms with E-state index in [2.05, 4.69) is 17.8 Å². The summed E-state index contributed by atoms with van der Waals surface area (Å²) >= 11 is 0. The van der Waals surface area contributed by atoms with Gasteiger partial charge in [0.05, 0.1) is 0 Å². The van der Waals surface area contributed by atoms with Gasteiger partial charge in [-0.1, -0.05) is 31.6 Å². The molecular formula is C15H21O3P. The minimum Gasteiger partial charge on any atom is -0.288 e. The maximum Gasteiger partial charge on any atom is 0.345 e. The van der Waals surface area contributed by atoms with Gasteiger partial charge in [-0.3, -0.25) is 13.6 Å². The van der Waals surface area contributed by atoms with Crippen LogP contribution in [-0.4, -0.2) is 17.4 Å². The fourth-order valence-electron chi connectivity index (χ4n) is 1.19. The molecule has 0 spiro atoms. The van der Waals surface area contributed by atoms with Crippen molar-refractivity contribution in [3.63, 3.8) is 0 Å². The molecule has 19 heavy (non-hydrogen) atoms. The van der Waals surface area contributed by atoms with E-state index in [9.17, 15) is 4.57 Å². The summed E-state index contributed by atoms with van der Waals surface area (Å²) < 4.78 is 23.7. The van der Waals surface area contributed by atoms with E-state index < -0.39 is 18.8 Å². The van der Waals surface area contributed by atoms with E-state index in [-0.39, 0.29) is 6.16 Å². The lowest BCUT2D eigenvalue weighted by Gasteiger charge is -2.32. The van der Waals surface area contributed by atoms with E-state index in [4.69, 9.17) is 28.3 Å². The first-order valence-electron chi connectivity index (χ1n) is 6.11. The number of rotatable bonds is 7. The fraction of sp³-hybridized carbons (Fsp3) is 0.600. The van der Waals surface area contributed by atoms with Crippen LogP contribution in [0.1, 0.15) is 40.5 Å². The molecular weight excluding hydrogens is 259 g/mol. The van der Waals surface area contributed by atoms with Gasteiger partial charge >= 0.3 is 7.60 Å². The van der Waals surface area contributed by atoms with Crippen molar-refractivity contribution < 1.29 is 13.6 Å². The maximum absolute atomic E-state index is 12.7. The van der Waals surface area contributed by atoms with Gasteiger partial charge in [-0.25, -0.2) is 0 Å². The van der Waals surface area contributed by atoms with Gasteiger partial charge in [-0.05, 0) is 26.7 Å². The molecule has 0 aliphatic carbocycles. The highest BCUT2D eigenvalue weighted by Gasteiger charge is 2.39. The Kier molecular flexibility index (Phi) is 6.42. The Hall–Kier alpha value is -1.17. The molecule has 0 rings (SSSR count). The summed E-state index contributed by atoms with van der Waals surface area (Å²) in [4.78, 5) is 0. The Labute approximate surface area is 117 Å². The van der Waals surface area contributed by atoms with Crippen molar-refractivity contribution in [2.45, 2.75) is 51.7 Å². The third-order valence-electron chi connectivity index (χ3n) is 2.93. The summed E-state index contributed by atoms with van der Waals surface area (Å²) in [5.74, 6) is 7.24. The van der Waals surface area contributed by atoms with Crippen molar-refractivity contribution in [2.24, 2.45) is 0 Å². The highest BCUT2D eigenvalue weighted by Crippen LogP contribution is 2.54. The molecule has 0 fully saturated rings. The number of hydrogen-bond acceptors (Lipinski definition) is 3. The quantitative estimate of drug-likeness (QED) is 0.529. The highest BCUT2D eigenvalue weighted by atomic mass is 31.2. The average molecular weight is 280 g/mol. The molecule has 0 radical (unpaired) electrons. The second-order valence-corrected chi connectivity index (χ2v) is 6.52. The molecule has 0 saturated heterocycles. The van der Waals surface area contributed by atoms with Gasteiger partial charge in [-0.2, -0.15) is 0 Å². The van der Waals surface area contributed by atoms with Crippen molar-refractivity contribution in [2.75, 3.05) is 6.16 Å². The predicted molar refractivity (Wildman–Crippen MR) is 78.5 cm³/mol. The van der Waals surface area contributed by atoms with E-state index in [1.54, 1.807) is 13.8 Å². The molecule has 2 unspecified atom stereocenters. The van der Waals surface area contributed by atoms with Gasteiger partial charge < -0.3 is 0 Å². The molecule has 104 valence electrons. The zero-order valence-electron chi connectivity index (χ0n) is 12.0. The van der Waals surface area contributed by atoms with Gasteiger partial charge in [0.15, 0.2) is 0 Å². The van der Waals surface area contributed by atoms with Crippen LogP contribution in [-0.2, 0) is 13.6 Å². The van der Waals surface area contributed by atoms with Crippen molar-refractivity contribution in [1.29, 1.82) is 0 Å². The van der Waals surface area contributed by atoms with Crippen LogP contribution >= 0.6 is 7.60 Å². The first kappa shape index (κ1) is 17.8. The summed E-state index contributed by atoms with van der Waals surface area (Å²) in [5.41, 5.74) is -1.98. The highest BCUT2D eigenvalue weighted by molar-refractivity contribution is 7.54. The van der Waals surface area contributed by atoms with Crippen molar-refractivity contribution in [1.82, 2.24) is 0 Å². The Morgan fingerprint density at radius 3 is 1.58 bits per heavy atom. The molecule has 0 aliphatic rings. The average Bonchev–Trinajstić information content (AvgIpc) is 2.38. The summed E-state index contributed by atoms with van der Waals surface area (Å²) in [6.45, 7) is 7.00. The summed E-state index contributed by atoms with van der Waals surface area (Å²) in [7, 11) is -3.55. The number of hydrogen-bond donors (Lipinski definition) is 0. The van der Waals surface area contributed by atoms with E-state index in [1.165, 1.54) is 0 Å². The molecule has 0 heterocycles. The minimum atomic E-state index is -3.55. The standard InChI is InChI=1S/C15H21O3P/c1-8-13-19(16,17-14(6,9-2)10-3)18-15(7,11-4)12-5/h1-2,4H,10,12-13H2,3,5-7H3. The third-order valence-corrected chi connectivity index (χ3v) is 4.86. The molecule has 2 atom stereocenters. The monoisotopic (exact) mass is 280 g/mol. The van der Waals surface area contributed by atoms with Gasteiger partial charge in [0.2, 0.25) is 0 Å². The van der Waals surface area contributed by atoms with E-state index in [0.717, 1.165) is 0 Å². The van der Waals surface area contributed by atoms with Crippen LogP contribution in [0.3, 0.4) is 0 Å². The minimum absolute atomic E-state index is 0.165. The summed E-state index contributed by atoms with van der Waals surface area (Å²) in [6, 6.07) is 0. The topological polar surface area (TPSA) is 35.5 Å². The number of terminal acetylenes is 3. The Balaban J connectivity index is 5.32. The first-order valence-corrected chi connectivity index (χ1v) is 7.84. The van der Waals surface area contributed by atoms with Crippen LogP contribution in [0.4, 0.5) is 0 Å². The maximum atomic E-state index is 12.7. The zero-order valence-corrected chi connectivity index (χ0v) is 12.9. The summed E-state index contributed by atoms with van der Waals surface area (Å²) in [5, 5.41) is 0. The van der Waals surface area contributed by atoms with E-state index in [0.29, 0.717) is 12.8 Å². The Bertz CT molecular complexity index is 443. The van der Waals surface area contributed by atoms with Gasteiger partial charge in [0.25, 0.3) is 0 Å². The van der Waals surface area contributed by atoms with Gasteiger partial charge in [0, 0.05) is 0 Å². The lowest BCUT2D eigenvalue weighted by Crippen LogP contribution is -2.30. The van der Waals surface area contributed by atoms with Crippen LogP contribution in [0.15, 0.2) is 0 Å². The Morgan fingerprint density at radius 1 is 1.00 bits per heavy atom. The summed E-state index contributed by atoms with van der Waals surface area (Å²) in [6.07, 6.45) is 16.9. The molecule has 3 nitrogen and oxygen atoms in total. The largest absolute Gasteiger partial charge is 0.345 e. The molecule has 0 aliphatic heterocycles. The molecule has 0 saturated carbocycles. The predicted octanol–water partition coefficient (Wildman–Crippen LogP) is 3.45. The molecule has 0 aromatic rings. The third kappa shape index (κ3) is 5.14. The molecule has 0 aromatic heterocycles. The molecule has 0 amide bonds. The fourth-order valence-corrected chi connectivity index (χ4v) is 3.18. The van der Waals surface area contributed by atoms with E-state index >= 15 is 0 Å². The second kappa shape index (κ2) is 6.84. The lowest BCUT2D eigenvalue weighted by molar-refractivity contribution is 0.0650. The lowest BCUT2D eigenvalue weighted by atomic mass is 10.1. The zero-order chi connectivity index (χ0) is 15.2. The first-order chi connectivity index (χ1) is 8.72. The second-order valence-electron chi connectivity index (χ2n) is 4.61. The Morgan fingerprint density at radius 2 is 1.37 bits per heavy atom. The molecule has 0 bridgehead atoms. The van der Waals surface area contributed by atoms with Crippen molar-refractivity contribution in [3.05, 3.63) is 0 Å². The normalized spacial score (nSPS) is 19.8. The van der Waals surface area contributed by atoms with Crippen LogP contribution in [0.2, 0.25) is 0 Å². The van der Waals surface area contributed by atoms with Crippen LogP contribution in [0.25, 0.3) is 0 Å². The molecule has 4 heteroatoms. The van der Waals surface area contributed by atoms with Crippen molar-refractivity contribution >= 4 is 7.60 Å². The SMILES string of the molecule is C#CCP(=O)(OC(C)(C#C)CC)OC(C)(C#C)CC. The van der Waals surface area contributed by atoms with Gasteiger partial charge in [-0.15, -0.1) is 19.3 Å². The van der Waals surface area contributed by atoms with Crippen LogP contribution in [0.5, 0.6) is 0 Å². The van der Waals surface area contributed by atoms with Gasteiger partial charge in [0.1, 0.15) is 17.4 Å². The van der Waals surface area contributed by atoms with Crippen LogP contribution in [0, 0.1) is 37.0 Å². The molecule has 0 N–H and O–H groups in total.